The molecule has 2 heterocycles. The fourth-order valence-electron chi connectivity index (χ4n) is 1.33. The first-order valence-corrected chi connectivity index (χ1v) is 5.70. The van der Waals surface area contributed by atoms with Crippen LogP contribution in [0.4, 0.5) is 0 Å². The van der Waals surface area contributed by atoms with Crippen molar-refractivity contribution >= 4 is 43.3 Å². The number of hydrogen-bond acceptors (Lipinski definition) is 3. The van der Waals surface area contributed by atoms with Gasteiger partial charge in [-0.2, -0.15) is 0 Å². The zero-order chi connectivity index (χ0) is 11.2. The molecule has 0 unspecified atom stereocenters. The molecule has 0 aliphatic heterocycles. The fraction of sp³-hybridized carbons (Fsp3) is 0.111. The Kier molecular flexibility index (Phi) is 2.40. The Morgan fingerprint density at radius 2 is 2.27 bits per heavy atom. The third kappa shape index (κ3) is 1.59. The van der Waals surface area contributed by atoms with Gasteiger partial charge >= 0.3 is 0 Å². The molecule has 2 aromatic heterocycles. The van der Waals surface area contributed by atoms with Gasteiger partial charge in [-0.05, 0) is 22.0 Å². The van der Waals surface area contributed by atoms with Gasteiger partial charge in [0.05, 0.1) is 19.4 Å². The maximum atomic E-state index is 11.7. The highest BCUT2D eigenvalue weighted by atomic mass is 79.9. The van der Waals surface area contributed by atoms with Gasteiger partial charge in [0.15, 0.2) is 0 Å². The molecule has 2 rings (SSSR count). The van der Waals surface area contributed by atoms with E-state index in [1.54, 1.807) is 13.2 Å². The molecule has 0 atom stereocenters. The van der Waals surface area contributed by atoms with E-state index in [-0.39, 0.29) is 5.56 Å². The molecule has 1 amide bonds. The molecule has 0 aromatic carbocycles. The molecule has 0 saturated heterocycles. The average molecular weight is 287 g/mol. The zero-order valence-corrected chi connectivity index (χ0v) is 10.2. The third-order valence-corrected chi connectivity index (χ3v) is 4.10. The molecule has 0 spiro atoms. The predicted octanol–water partition coefficient (Wildman–Crippen LogP) is 1.46. The molecular formula is C9H7BrN2O2S. The standard InChI is InChI=1S/C9H7BrN2O2S/c1-12-3-5(10)7-4(9(12)14)2-6(15-7)8(11)13/h2-3H,1H3,(H2,11,13). The molecule has 0 bridgehead atoms. The second kappa shape index (κ2) is 3.46. The van der Waals surface area contributed by atoms with Crippen molar-refractivity contribution in [1.29, 1.82) is 0 Å². The van der Waals surface area contributed by atoms with Crippen LogP contribution in [0.3, 0.4) is 0 Å². The molecule has 0 fully saturated rings. The first kappa shape index (κ1) is 10.4. The van der Waals surface area contributed by atoms with Gasteiger partial charge in [-0.15, -0.1) is 11.3 Å². The van der Waals surface area contributed by atoms with E-state index in [4.69, 9.17) is 5.73 Å². The highest BCUT2D eigenvalue weighted by molar-refractivity contribution is 9.10. The summed E-state index contributed by atoms with van der Waals surface area (Å²) in [5, 5.41) is 0.519. The lowest BCUT2D eigenvalue weighted by Crippen LogP contribution is -2.15. The molecule has 4 nitrogen and oxygen atoms in total. The summed E-state index contributed by atoms with van der Waals surface area (Å²) in [5.41, 5.74) is 5.04. The lowest BCUT2D eigenvalue weighted by atomic mass is 10.3. The van der Waals surface area contributed by atoms with Crippen LogP contribution in [0.25, 0.3) is 10.1 Å². The van der Waals surface area contributed by atoms with Crippen molar-refractivity contribution in [2.45, 2.75) is 0 Å². The number of fused-ring (bicyclic) bond motifs is 1. The van der Waals surface area contributed by atoms with Gasteiger partial charge in [-0.1, -0.05) is 0 Å². The van der Waals surface area contributed by atoms with Gasteiger partial charge in [0.2, 0.25) is 0 Å². The first-order chi connectivity index (χ1) is 7.00. The van der Waals surface area contributed by atoms with E-state index >= 15 is 0 Å². The van der Waals surface area contributed by atoms with E-state index in [1.807, 2.05) is 0 Å². The van der Waals surface area contributed by atoms with Crippen LogP contribution in [0.1, 0.15) is 9.67 Å². The normalized spacial score (nSPS) is 10.8. The number of aromatic nitrogens is 1. The summed E-state index contributed by atoms with van der Waals surface area (Å²) in [5.74, 6) is -0.509. The quantitative estimate of drug-likeness (QED) is 0.863. The SMILES string of the molecule is Cn1cc(Br)c2sc(C(N)=O)cc2c1=O. The summed E-state index contributed by atoms with van der Waals surface area (Å²) in [6, 6.07) is 1.54. The van der Waals surface area contributed by atoms with Gasteiger partial charge < -0.3 is 10.3 Å². The summed E-state index contributed by atoms with van der Waals surface area (Å²) in [6.45, 7) is 0. The smallest absolute Gasteiger partial charge is 0.259 e. The number of halogens is 1. The van der Waals surface area contributed by atoms with Crippen LogP contribution in [0, 0.1) is 0 Å². The van der Waals surface area contributed by atoms with Crippen LogP contribution in [0.15, 0.2) is 21.5 Å². The molecule has 0 radical (unpaired) electrons. The molecular weight excluding hydrogens is 280 g/mol. The Balaban J connectivity index is 2.92. The second-order valence-corrected chi connectivity index (χ2v) is 5.02. The topological polar surface area (TPSA) is 65.1 Å². The van der Waals surface area contributed by atoms with Gasteiger partial charge in [0.25, 0.3) is 11.5 Å². The van der Waals surface area contributed by atoms with Crippen LogP contribution in [0.2, 0.25) is 0 Å². The van der Waals surface area contributed by atoms with E-state index < -0.39 is 5.91 Å². The monoisotopic (exact) mass is 286 g/mol. The van der Waals surface area contributed by atoms with Gasteiger partial charge in [0.1, 0.15) is 0 Å². The summed E-state index contributed by atoms with van der Waals surface area (Å²) in [6.07, 6.45) is 1.67. The highest BCUT2D eigenvalue weighted by Crippen LogP contribution is 2.29. The Morgan fingerprint density at radius 3 is 2.87 bits per heavy atom. The van der Waals surface area contributed by atoms with Crippen molar-refractivity contribution in [2.24, 2.45) is 12.8 Å². The van der Waals surface area contributed by atoms with Crippen LogP contribution >= 0.6 is 27.3 Å². The van der Waals surface area contributed by atoms with Crippen LogP contribution in [0.5, 0.6) is 0 Å². The number of primary amides is 1. The number of hydrogen-bond donors (Lipinski definition) is 1. The van der Waals surface area contributed by atoms with Crippen molar-refractivity contribution in [3.05, 3.63) is 32.0 Å². The van der Waals surface area contributed by atoms with Gasteiger partial charge in [-0.25, -0.2) is 0 Å². The van der Waals surface area contributed by atoms with Crippen LogP contribution in [-0.4, -0.2) is 10.5 Å². The molecule has 2 aromatic rings. The van der Waals surface area contributed by atoms with Gasteiger partial charge in [-0.3, -0.25) is 9.59 Å². The lowest BCUT2D eigenvalue weighted by molar-refractivity contribution is 0.100. The number of nitrogens with two attached hydrogens (primary N) is 1. The molecule has 78 valence electrons. The maximum Gasteiger partial charge on any atom is 0.259 e. The Morgan fingerprint density at radius 1 is 1.60 bits per heavy atom. The number of rotatable bonds is 1. The summed E-state index contributed by atoms with van der Waals surface area (Å²) in [4.78, 5) is 23.1. The zero-order valence-electron chi connectivity index (χ0n) is 7.78. The lowest BCUT2D eigenvalue weighted by Gasteiger charge is -1.98. The summed E-state index contributed by atoms with van der Waals surface area (Å²) < 4.78 is 3.01. The number of carbonyl (C=O) groups excluding carboxylic acids is 1. The minimum atomic E-state index is -0.509. The molecule has 0 aliphatic carbocycles. The Labute approximate surface area is 97.4 Å². The van der Waals surface area contributed by atoms with E-state index in [1.165, 1.54) is 22.0 Å². The predicted molar refractivity (Wildman–Crippen MR) is 63.3 cm³/mol. The number of thiophene rings is 1. The Hall–Kier alpha value is -1.14. The molecule has 2 N–H and O–H groups in total. The molecule has 0 saturated carbocycles. The fourth-order valence-corrected chi connectivity index (χ4v) is 2.99. The number of amides is 1. The number of nitrogens with zero attached hydrogens (tertiary/aromatic N) is 1. The van der Waals surface area contributed by atoms with Crippen molar-refractivity contribution in [2.75, 3.05) is 0 Å². The molecule has 15 heavy (non-hydrogen) atoms. The molecule has 6 heteroatoms. The van der Waals surface area contributed by atoms with Crippen molar-refractivity contribution in [1.82, 2.24) is 4.57 Å². The number of aryl methyl sites for hydroxylation is 1. The maximum absolute atomic E-state index is 11.7. The summed E-state index contributed by atoms with van der Waals surface area (Å²) >= 11 is 4.56. The minimum absolute atomic E-state index is 0.128. The van der Waals surface area contributed by atoms with Crippen molar-refractivity contribution < 1.29 is 4.79 Å². The minimum Gasteiger partial charge on any atom is -0.365 e. The van der Waals surface area contributed by atoms with E-state index in [0.29, 0.717) is 10.3 Å². The first-order valence-electron chi connectivity index (χ1n) is 4.09. The van der Waals surface area contributed by atoms with Crippen LogP contribution in [-0.2, 0) is 7.05 Å². The van der Waals surface area contributed by atoms with E-state index in [9.17, 15) is 9.59 Å². The average Bonchev–Trinajstić information content (AvgIpc) is 2.59. The van der Waals surface area contributed by atoms with Crippen LogP contribution < -0.4 is 11.3 Å². The third-order valence-electron chi connectivity index (χ3n) is 2.05. The van der Waals surface area contributed by atoms with Crippen molar-refractivity contribution in [3.8, 4) is 0 Å². The second-order valence-electron chi connectivity index (χ2n) is 3.11. The van der Waals surface area contributed by atoms with Gasteiger partial charge in [0, 0.05) is 13.2 Å². The van der Waals surface area contributed by atoms with Crippen molar-refractivity contribution in [3.63, 3.8) is 0 Å². The van der Waals surface area contributed by atoms with E-state index in [2.05, 4.69) is 15.9 Å². The molecule has 0 aliphatic rings. The number of carbonyl (C=O) groups is 1. The van der Waals surface area contributed by atoms with E-state index in [0.717, 1.165) is 9.17 Å². The Bertz CT molecular complexity index is 614. The summed E-state index contributed by atoms with van der Waals surface area (Å²) in [7, 11) is 1.66. The number of pyridine rings is 1. The highest BCUT2D eigenvalue weighted by Gasteiger charge is 2.12. The largest absolute Gasteiger partial charge is 0.365 e.